The van der Waals surface area contributed by atoms with Crippen LogP contribution in [0.2, 0.25) is 0 Å². The van der Waals surface area contributed by atoms with E-state index in [1.165, 1.54) is 0 Å². The average molecular weight is 351 g/mol. The van der Waals surface area contributed by atoms with Crippen molar-refractivity contribution >= 4 is 17.5 Å². The molecule has 0 aliphatic carbocycles. The molecular formula is C20H21N3O3. The van der Waals surface area contributed by atoms with Gasteiger partial charge in [-0.25, -0.2) is 0 Å². The van der Waals surface area contributed by atoms with Crippen LogP contribution < -0.4 is 10.6 Å². The van der Waals surface area contributed by atoms with Gasteiger partial charge in [-0.3, -0.25) is 9.59 Å². The number of aliphatic hydroxyl groups excluding tert-OH is 1. The summed E-state index contributed by atoms with van der Waals surface area (Å²) in [6.45, 7) is 3.35. The second-order valence-corrected chi connectivity index (χ2v) is 6.61. The first-order valence-electron chi connectivity index (χ1n) is 8.15. The van der Waals surface area contributed by atoms with Gasteiger partial charge in [-0.05, 0) is 55.8 Å². The minimum Gasteiger partial charge on any atom is -0.394 e. The van der Waals surface area contributed by atoms with Crippen LogP contribution in [0.4, 0.5) is 5.69 Å². The third kappa shape index (κ3) is 5.43. The fourth-order valence-corrected chi connectivity index (χ4v) is 2.25. The predicted octanol–water partition coefficient (Wildman–Crippen LogP) is 2.24. The van der Waals surface area contributed by atoms with Gasteiger partial charge < -0.3 is 15.7 Å². The van der Waals surface area contributed by atoms with Gasteiger partial charge in [-0.2, -0.15) is 5.26 Å². The van der Waals surface area contributed by atoms with E-state index in [-0.39, 0.29) is 24.8 Å². The van der Waals surface area contributed by atoms with Crippen LogP contribution in [0.1, 0.15) is 35.3 Å². The molecule has 6 nitrogen and oxygen atoms in total. The molecule has 6 heteroatoms. The highest BCUT2D eigenvalue weighted by atomic mass is 16.3. The van der Waals surface area contributed by atoms with E-state index in [1.807, 2.05) is 6.07 Å². The molecule has 0 spiro atoms. The zero-order valence-electron chi connectivity index (χ0n) is 14.7. The van der Waals surface area contributed by atoms with Crippen LogP contribution >= 0.6 is 0 Å². The molecule has 0 aromatic heterocycles. The van der Waals surface area contributed by atoms with E-state index >= 15 is 0 Å². The van der Waals surface area contributed by atoms with E-state index in [4.69, 9.17) is 5.26 Å². The smallest absolute Gasteiger partial charge is 0.255 e. The van der Waals surface area contributed by atoms with Crippen LogP contribution in [0.25, 0.3) is 0 Å². The highest BCUT2D eigenvalue weighted by Gasteiger charge is 2.19. The van der Waals surface area contributed by atoms with Gasteiger partial charge in [0, 0.05) is 11.3 Å². The maximum Gasteiger partial charge on any atom is 0.255 e. The van der Waals surface area contributed by atoms with Crippen molar-refractivity contribution < 1.29 is 14.7 Å². The van der Waals surface area contributed by atoms with Crippen LogP contribution in [0.15, 0.2) is 48.5 Å². The molecule has 3 N–H and O–H groups in total. The quantitative estimate of drug-likeness (QED) is 0.743. The molecule has 0 heterocycles. The van der Waals surface area contributed by atoms with Gasteiger partial charge in [0.2, 0.25) is 5.91 Å². The molecule has 26 heavy (non-hydrogen) atoms. The second kappa shape index (κ2) is 8.28. The number of hydrogen-bond acceptors (Lipinski definition) is 4. The number of nitrogens with one attached hydrogen (secondary N) is 2. The van der Waals surface area contributed by atoms with Crippen LogP contribution in [0.3, 0.4) is 0 Å². The Balaban J connectivity index is 1.95. The van der Waals surface area contributed by atoms with Crippen molar-refractivity contribution in [2.75, 3.05) is 11.9 Å². The monoisotopic (exact) mass is 351 g/mol. The van der Waals surface area contributed by atoms with E-state index in [0.29, 0.717) is 16.8 Å². The number of rotatable bonds is 6. The number of hydrogen-bond donors (Lipinski definition) is 3. The minimum atomic E-state index is -0.661. The Labute approximate surface area is 152 Å². The molecule has 0 atom stereocenters. The Bertz CT molecular complexity index is 819. The van der Waals surface area contributed by atoms with Gasteiger partial charge in [0.15, 0.2) is 0 Å². The third-order valence-corrected chi connectivity index (χ3v) is 3.73. The molecule has 2 aromatic rings. The summed E-state index contributed by atoms with van der Waals surface area (Å²) < 4.78 is 0. The van der Waals surface area contributed by atoms with Gasteiger partial charge in [0.1, 0.15) is 0 Å². The number of carbonyl (C=O) groups is 2. The first-order chi connectivity index (χ1) is 12.3. The summed E-state index contributed by atoms with van der Waals surface area (Å²) in [4.78, 5) is 24.2. The number of nitriles is 1. The first kappa shape index (κ1) is 19.2. The van der Waals surface area contributed by atoms with Crippen LogP contribution in [-0.4, -0.2) is 29.1 Å². The van der Waals surface area contributed by atoms with Crippen molar-refractivity contribution in [2.24, 2.45) is 0 Å². The zero-order valence-corrected chi connectivity index (χ0v) is 14.7. The number of benzene rings is 2. The highest BCUT2D eigenvalue weighted by molar-refractivity contribution is 6.04. The molecule has 0 unspecified atom stereocenters. The molecule has 0 bridgehead atoms. The number of nitrogens with zero attached hydrogens (tertiary/aromatic N) is 1. The molecule has 0 radical (unpaired) electrons. The Kier molecular flexibility index (Phi) is 6.10. The number of aliphatic hydroxyl groups is 1. The first-order valence-corrected chi connectivity index (χ1v) is 8.15. The van der Waals surface area contributed by atoms with E-state index in [0.717, 1.165) is 5.56 Å². The Morgan fingerprint density at radius 3 is 2.23 bits per heavy atom. The zero-order chi connectivity index (χ0) is 19.2. The van der Waals surface area contributed by atoms with Gasteiger partial charge in [-0.1, -0.05) is 12.1 Å². The summed E-state index contributed by atoms with van der Waals surface area (Å²) in [5, 5.41) is 23.5. The Morgan fingerprint density at radius 2 is 1.69 bits per heavy atom. The highest BCUT2D eigenvalue weighted by Crippen LogP contribution is 2.13. The lowest BCUT2D eigenvalue weighted by Gasteiger charge is -2.23. The molecular weight excluding hydrogens is 330 g/mol. The lowest BCUT2D eigenvalue weighted by molar-refractivity contribution is -0.122. The van der Waals surface area contributed by atoms with Crippen molar-refractivity contribution in [3.8, 4) is 6.07 Å². The normalized spacial score (nSPS) is 10.7. The average Bonchev–Trinajstić information content (AvgIpc) is 2.63. The summed E-state index contributed by atoms with van der Waals surface area (Å²) in [6, 6.07) is 15.3. The van der Waals surface area contributed by atoms with Gasteiger partial charge in [0.05, 0.1) is 30.2 Å². The number of anilines is 1. The van der Waals surface area contributed by atoms with Crippen molar-refractivity contribution in [3.05, 3.63) is 65.2 Å². The molecule has 134 valence electrons. The van der Waals surface area contributed by atoms with Gasteiger partial charge in [-0.15, -0.1) is 0 Å². The molecule has 2 aromatic carbocycles. The van der Waals surface area contributed by atoms with Crippen molar-refractivity contribution in [1.82, 2.24) is 5.32 Å². The number of carbonyl (C=O) groups excluding carboxylic acids is 2. The van der Waals surface area contributed by atoms with Crippen molar-refractivity contribution in [2.45, 2.75) is 25.8 Å². The summed E-state index contributed by atoms with van der Waals surface area (Å²) in [5.41, 5.74) is 1.70. The maximum absolute atomic E-state index is 12.2. The molecule has 0 saturated heterocycles. The molecule has 0 aliphatic heterocycles. The molecule has 0 aliphatic rings. The SMILES string of the molecule is CC(C)(CO)NC(=O)Cc1ccc(NC(=O)c2ccc(C#N)cc2)cc1. The Hall–Kier alpha value is -3.17. The summed E-state index contributed by atoms with van der Waals surface area (Å²) >= 11 is 0. The predicted molar refractivity (Wildman–Crippen MR) is 98.6 cm³/mol. The number of amides is 2. The largest absolute Gasteiger partial charge is 0.394 e. The summed E-state index contributed by atoms with van der Waals surface area (Å²) in [7, 11) is 0. The molecule has 2 amide bonds. The topological polar surface area (TPSA) is 102 Å². The lowest BCUT2D eigenvalue weighted by atomic mass is 10.1. The van der Waals surface area contributed by atoms with Crippen molar-refractivity contribution in [1.29, 1.82) is 5.26 Å². The minimum absolute atomic E-state index is 0.140. The summed E-state index contributed by atoms with van der Waals surface area (Å²) in [6.07, 6.45) is 0.188. The van der Waals surface area contributed by atoms with E-state index in [2.05, 4.69) is 10.6 Å². The standard InChI is InChI=1S/C20H21N3O3/c1-20(2,13-24)23-18(25)11-14-5-9-17(10-6-14)22-19(26)16-7-3-15(12-21)4-8-16/h3-10,24H,11,13H2,1-2H3,(H,22,26)(H,23,25). The van der Waals surface area contributed by atoms with Crippen LogP contribution in [0.5, 0.6) is 0 Å². The third-order valence-electron chi connectivity index (χ3n) is 3.73. The second-order valence-electron chi connectivity index (χ2n) is 6.61. The van der Waals surface area contributed by atoms with Gasteiger partial charge >= 0.3 is 0 Å². The summed E-state index contributed by atoms with van der Waals surface area (Å²) in [5.74, 6) is -0.455. The Morgan fingerprint density at radius 1 is 1.08 bits per heavy atom. The van der Waals surface area contributed by atoms with Gasteiger partial charge in [0.25, 0.3) is 5.91 Å². The molecule has 0 saturated carbocycles. The maximum atomic E-state index is 12.2. The van der Waals surface area contributed by atoms with Crippen LogP contribution in [0, 0.1) is 11.3 Å². The fourth-order valence-electron chi connectivity index (χ4n) is 2.25. The fraction of sp³-hybridized carbons (Fsp3) is 0.250. The lowest BCUT2D eigenvalue weighted by Crippen LogP contribution is -2.46. The van der Waals surface area contributed by atoms with Crippen molar-refractivity contribution in [3.63, 3.8) is 0 Å². The van der Waals surface area contributed by atoms with Crippen LogP contribution in [-0.2, 0) is 11.2 Å². The van der Waals surface area contributed by atoms with E-state index in [1.54, 1.807) is 62.4 Å². The molecule has 0 fully saturated rings. The van der Waals surface area contributed by atoms with E-state index in [9.17, 15) is 14.7 Å². The van der Waals surface area contributed by atoms with E-state index < -0.39 is 5.54 Å². The molecule has 2 rings (SSSR count).